The van der Waals surface area contributed by atoms with Crippen LogP contribution in [0.2, 0.25) is 0 Å². The minimum Gasteiger partial charge on any atom is -0.396 e. The molecule has 1 aliphatic heterocycles. The minimum absolute atomic E-state index is 0. The summed E-state index contributed by atoms with van der Waals surface area (Å²) in [5, 5.41) is 16.1. The fourth-order valence-electron chi connectivity index (χ4n) is 3.72. The molecule has 0 aliphatic carbocycles. The van der Waals surface area contributed by atoms with Crippen LogP contribution < -0.4 is 10.6 Å². The Morgan fingerprint density at radius 1 is 1.26 bits per heavy atom. The molecule has 1 rings (SSSR count). The first-order valence-electron chi connectivity index (χ1n) is 10.5. The fourth-order valence-corrected chi connectivity index (χ4v) is 3.72. The number of aliphatic imine (C=N–C) groups is 1. The maximum atomic E-state index is 12.0. The molecule has 1 unspecified atom stereocenters. The quantitative estimate of drug-likeness (QED) is 0.221. The summed E-state index contributed by atoms with van der Waals surface area (Å²) >= 11 is 0. The summed E-state index contributed by atoms with van der Waals surface area (Å²) in [7, 11) is 0. The monoisotopic (exact) mass is 496 g/mol. The third-order valence-corrected chi connectivity index (χ3v) is 5.85. The first-order valence-corrected chi connectivity index (χ1v) is 10.5. The molecule has 160 valence electrons. The summed E-state index contributed by atoms with van der Waals surface area (Å²) < 4.78 is 0. The molecule has 7 heteroatoms. The minimum atomic E-state index is 0. The Hall–Kier alpha value is -0.570. The number of hydrogen-bond donors (Lipinski definition) is 3. The summed E-state index contributed by atoms with van der Waals surface area (Å²) in [6.07, 6.45) is 6.45. The standard InChI is InChI=1S/C20H40N4O2.HI/c1-5-17(24-14-9-10-18(24)26)11-13-22-19(21-8-4)23-16-20(6-2,7-3)12-15-25;/h17,25H,5-16H2,1-4H3,(H2,21,22,23);1H. The number of nitrogens with one attached hydrogen (secondary N) is 2. The van der Waals surface area contributed by atoms with Gasteiger partial charge in [0.15, 0.2) is 5.96 Å². The molecule has 1 fully saturated rings. The number of nitrogens with zero attached hydrogens (tertiary/aromatic N) is 2. The predicted molar refractivity (Wildman–Crippen MR) is 124 cm³/mol. The van der Waals surface area contributed by atoms with Crippen LogP contribution in [0.25, 0.3) is 0 Å². The van der Waals surface area contributed by atoms with E-state index in [9.17, 15) is 9.90 Å². The van der Waals surface area contributed by atoms with E-state index in [4.69, 9.17) is 4.99 Å². The van der Waals surface area contributed by atoms with Crippen molar-refractivity contribution >= 4 is 35.8 Å². The van der Waals surface area contributed by atoms with Crippen LogP contribution in [0.3, 0.4) is 0 Å². The Labute approximate surface area is 183 Å². The largest absolute Gasteiger partial charge is 0.396 e. The van der Waals surface area contributed by atoms with Gasteiger partial charge in [-0.05, 0) is 50.9 Å². The van der Waals surface area contributed by atoms with E-state index in [1.807, 2.05) is 4.90 Å². The van der Waals surface area contributed by atoms with Gasteiger partial charge in [-0.2, -0.15) is 0 Å². The molecule has 0 saturated carbocycles. The molecular formula is C20H41IN4O2. The predicted octanol–water partition coefficient (Wildman–Crippen LogP) is 3.14. The van der Waals surface area contributed by atoms with Gasteiger partial charge in [0.2, 0.25) is 5.91 Å². The second-order valence-corrected chi connectivity index (χ2v) is 7.34. The molecule has 0 spiro atoms. The Morgan fingerprint density at radius 2 is 1.96 bits per heavy atom. The van der Waals surface area contributed by atoms with Crippen LogP contribution in [-0.4, -0.2) is 60.7 Å². The Balaban J connectivity index is 0.00000676. The number of hydrogen-bond acceptors (Lipinski definition) is 3. The molecule has 0 radical (unpaired) electrons. The molecular weight excluding hydrogens is 455 g/mol. The molecule has 1 aliphatic rings. The second-order valence-electron chi connectivity index (χ2n) is 7.34. The van der Waals surface area contributed by atoms with E-state index < -0.39 is 0 Å². The number of likely N-dealkylation sites (tertiary alicyclic amines) is 1. The van der Waals surface area contributed by atoms with Gasteiger partial charge in [0.05, 0.1) is 0 Å². The summed E-state index contributed by atoms with van der Waals surface area (Å²) in [5.41, 5.74) is 0.0744. The molecule has 1 heterocycles. The van der Waals surface area contributed by atoms with Crippen molar-refractivity contribution in [3.05, 3.63) is 0 Å². The highest BCUT2D eigenvalue weighted by Gasteiger charge is 2.27. The number of rotatable bonds is 12. The molecule has 6 nitrogen and oxygen atoms in total. The number of aliphatic hydroxyl groups is 1. The van der Waals surface area contributed by atoms with E-state index in [0.717, 1.165) is 70.7 Å². The lowest BCUT2D eigenvalue weighted by Gasteiger charge is -2.30. The summed E-state index contributed by atoms with van der Waals surface area (Å²) in [6, 6.07) is 0.320. The first kappa shape index (κ1) is 26.4. The van der Waals surface area contributed by atoms with E-state index in [0.29, 0.717) is 18.4 Å². The average molecular weight is 496 g/mol. The first-order chi connectivity index (χ1) is 12.6. The van der Waals surface area contributed by atoms with Crippen molar-refractivity contribution in [2.75, 3.05) is 32.8 Å². The smallest absolute Gasteiger partial charge is 0.222 e. The highest BCUT2D eigenvalue weighted by atomic mass is 127. The van der Waals surface area contributed by atoms with Crippen LogP contribution in [0.15, 0.2) is 4.99 Å². The zero-order chi connectivity index (χ0) is 19.4. The lowest BCUT2D eigenvalue weighted by Crippen LogP contribution is -2.42. The third kappa shape index (κ3) is 8.54. The summed E-state index contributed by atoms with van der Waals surface area (Å²) in [4.78, 5) is 18.8. The Bertz CT molecular complexity index is 442. The van der Waals surface area contributed by atoms with Crippen molar-refractivity contribution in [1.82, 2.24) is 15.5 Å². The Morgan fingerprint density at radius 3 is 2.44 bits per heavy atom. The molecule has 1 amide bonds. The van der Waals surface area contributed by atoms with Crippen LogP contribution in [0, 0.1) is 5.41 Å². The van der Waals surface area contributed by atoms with E-state index in [1.165, 1.54) is 0 Å². The van der Waals surface area contributed by atoms with E-state index in [2.05, 4.69) is 38.3 Å². The molecule has 1 saturated heterocycles. The van der Waals surface area contributed by atoms with Crippen LogP contribution >= 0.6 is 24.0 Å². The zero-order valence-corrected chi connectivity index (χ0v) is 20.1. The van der Waals surface area contributed by atoms with Crippen LogP contribution in [0.5, 0.6) is 0 Å². The van der Waals surface area contributed by atoms with Crippen molar-refractivity contribution < 1.29 is 9.90 Å². The van der Waals surface area contributed by atoms with Crippen LogP contribution in [-0.2, 0) is 4.79 Å². The third-order valence-electron chi connectivity index (χ3n) is 5.85. The fraction of sp³-hybridized carbons (Fsp3) is 0.900. The van der Waals surface area contributed by atoms with E-state index >= 15 is 0 Å². The van der Waals surface area contributed by atoms with Crippen molar-refractivity contribution in [1.29, 1.82) is 0 Å². The van der Waals surface area contributed by atoms with Crippen LogP contribution in [0.1, 0.15) is 72.6 Å². The number of carbonyl (C=O) groups is 1. The van der Waals surface area contributed by atoms with Crippen LogP contribution in [0.4, 0.5) is 0 Å². The van der Waals surface area contributed by atoms with Gasteiger partial charge >= 0.3 is 0 Å². The van der Waals surface area contributed by atoms with Gasteiger partial charge in [-0.3, -0.25) is 9.79 Å². The normalized spacial score (nSPS) is 16.3. The molecule has 0 bridgehead atoms. The van der Waals surface area contributed by atoms with Gasteiger partial charge in [0, 0.05) is 45.2 Å². The summed E-state index contributed by atoms with van der Waals surface area (Å²) in [5.74, 6) is 1.14. The molecule has 3 N–H and O–H groups in total. The van der Waals surface area contributed by atoms with Crippen molar-refractivity contribution in [3.63, 3.8) is 0 Å². The maximum Gasteiger partial charge on any atom is 0.222 e. The van der Waals surface area contributed by atoms with Gasteiger partial charge in [0.1, 0.15) is 0 Å². The number of guanidine groups is 1. The maximum absolute atomic E-state index is 12.0. The number of halogens is 1. The Kier molecular flexibility index (Phi) is 14.1. The number of aliphatic hydroxyl groups excluding tert-OH is 1. The zero-order valence-electron chi connectivity index (χ0n) is 17.7. The lowest BCUT2D eigenvalue weighted by molar-refractivity contribution is -0.129. The van der Waals surface area contributed by atoms with E-state index in [-0.39, 0.29) is 36.0 Å². The highest BCUT2D eigenvalue weighted by Crippen LogP contribution is 2.30. The molecule has 27 heavy (non-hydrogen) atoms. The highest BCUT2D eigenvalue weighted by molar-refractivity contribution is 14.0. The molecule has 0 aromatic heterocycles. The van der Waals surface area contributed by atoms with Crippen molar-refractivity contribution in [2.24, 2.45) is 10.4 Å². The molecule has 1 atom stereocenters. The number of amides is 1. The van der Waals surface area contributed by atoms with Gasteiger partial charge < -0.3 is 20.6 Å². The molecule has 0 aromatic rings. The lowest BCUT2D eigenvalue weighted by atomic mass is 9.79. The summed E-state index contributed by atoms with van der Waals surface area (Å²) in [6.45, 7) is 12.0. The van der Waals surface area contributed by atoms with E-state index in [1.54, 1.807) is 0 Å². The van der Waals surface area contributed by atoms with Crippen molar-refractivity contribution in [2.45, 2.75) is 78.7 Å². The number of carbonyl (C=O) groups excluding carboxylic acids is 1. The topological polar surface area (TPSA) is 77.0 Å². The van der Waals surface area contributed by atoms with Gasteiger partial charge in [-0.25, -0.2) is 0 Å². The van der Waals surface area contributed by atoms with Gasteiger partial charge in [0.25, 0.3) is 0 Å². The van der Waals surface area contributed by atoms with Gasteiger partial charge in [-0.15, -0.1) is 24.0 Å². The average Bonchev–Trinajstić information content (AvgIpc) is 3.08. The molecule has 0 aromatic carbocycles. The second kappa shape index (κ2) is 14.4. The van der Waals surface area contributed by atoms with Crippen molar-refractivity contribution in [3.8, 4) is 0 Å². The SMILES string of the molecule is CCNC(=NCC(CC)(CC)CCO)NCCC(CC)N1CCCC1=O.I. The van der Waals surface area contributed by atoms with Gasteiger partial charge in [-0.1, -0.05) is 20.8 Å².